The summed E-state index contributed by atoms with van der Waals surface area (Å²) in [7, 11) is 0. The van der Waals surface area contributed by atoms with E-state index < -0.39 is 0 Å². The Morgan fingerprint density at radius 3 is 3.22 bits per heavy atom. The highest BCUT2D eigenvalue weighted by Crippen LogP contribution is 1.95. The van der Waals surface area contributed by atoms with Crippen LogP contribution in [0.1, 0.15) is 5.56 Å². The Kier molecular flexibility index (Phi) is 2.02. The Bertz CT molecular complexity index is 179. The van der Waals surface area contributed by atoms with Crippen molar-refractivity contribution < 1.29 is 0 Å². The molecule has 1 heteroatoms. The first kappa shape index (κ1) is 6.02. The fourth-order valence-corrected chi connectivity index (χ4v) is 0.638. The number of nitrogens with zero attached hydrogens (tertiary/aromatic N) is 1. The number of pyridine rings is 1. The molecule has 0 aliphatic heterocycles. The zero-order valence-corrected chi connectivity index (χ0v) is 5.17. The molecule has 1 rings (SSSR count). The molecule has 1 radical (unpaired) electrons. The van der Waals surface area contributed by atoms with Crippen molar-refractivity contribution in [1.29, 1.82) is 0 Å². The molecule has 0 saturated heterocycles. The number of hydrogen-bond donors (Lipinski definition) is 0. The van der Waals surface area contributed by atoms with E-state index >= 15 is 0 Å². The van der Waals surface area contributed by atoms with Crippen molar-refractivity contribution in [3.63, 3.8) is 0 Å². The van der Waals surface area contributed by atoms with Crippen LogP contribution < -0.4 is 0 Å². The summed E-state index contributed by atoms with van der Waals surface area (Å²) in [5.74, 6) is 0. The monoisotopic (exact) mass is 118 g/mol. The molecule has 0 aliphatic rings. The lowest BCUT2D eigenvalue weighted by Crippen LogP contribution is -1.79. The standard InChI is InChI=1S/C8H8N/c1-2-4-8-5-3-6-9-7-8/h2-3,5,7H,1,4H2. The summed E-state index contributed by atoms with van der Waals surface area (Å²) in [5, 5.41) is 0. The van der Waals surface area contributed by atoms with Crippen LogP contribution in [0.3, 0.4) is 0 Å². The SMILES string of the molecule is C=CCc1cc[c]nc1. The molecule has 45 valence electrons. The van der Waals surface area contributed by atoms with Gasteiger partial charge in [0, 0.05) is 6.20 Å². The number of hydrogen-bond acceptors (Lipinski definition) is 1. The van der Waals surface area contributed by atoms with Crippen LogP contribution in [-0.2, 0) is 6.42 Å². The predicted molar refractivity (Wildman–Crippen MR) is 37.0 cm³/mol. The molecule has 0 amide bonds. The van der Waals surface area contributed by atoms with Crippen LogP contribution in [0.4, 0.5) is 0 Å². The first-order valence-corrected chi connectivity index (χ1v) is 2.85. The molecule has 0 N–H and O–H groups in total. The summed E-state index contributed by atoms with van der Waals surface area (Å²) in [6.45, 7) is 3.62. The summed E-state index contributed by atoms with van der Waals surface area (Å²) in [6, 6.07) is 3.79. The highest BCUT2D eigenvalue weighted by Gasteiger charge is 1.83. The molecule has 0 bridgehead atoms. The van der Waals surface area contributed by atoms with E-state index in [1.807, 2.05) is 12.1 Å². The lowest BCUT2D eigenvalue weighted by atomic mass is 10.2. The van der Waals surface area contributed by atoms with Crippen LogP contribution in [0.15, 0.2) is 31.0 Å². The van der Waals surface area contributed by atoms with Gasteiger partial charge in [0.2, 0.25) is 0 Å². The van der Waals surface area contributed by atoms with Crippen molar-refractivity contribution in [2.45, 2.75) is 6.42 Å². The van der Waals surface area contributed by atoms with E-state index in [0.29, 0.717) is 0 Å². The smallest absolute Gasteiger partial charge is 0.0886 e. The Balaban J connectivity index is 2.72. The molecule has 0 unspecified atom stereocenters. The largest absolute Gasteiger partial charge is 0.254 e. The Hall–Kier alpha value is -1.11. The maximum absolute atomic E-state index is 3.83. The predicted octanol–water partition coefficient (Wildman–Crippen LogP) is 1.61. The van der Waals surface area contributed by atoms with Crippen molar-refractivity contribution in [2.24, 2.45) is 0 Å². The zero-order valence-electron chi connectivity index (χ0n) is 5.17. The fourth-order valence-electron chi connectivity index (χ4n) is 0.638. The molecule has 9 heavy (non-hydrogen) atoms. The van der Waals surface area contributed by atoms with E-state index in [4.69, 9.17) is 0 Å². The first-order chi connectivity index (χ1) is 4.43. The lowest BCUT2D eigenvalue weighted by Gasteiger charge is -1.89. The van der Waals surface area contributed by atoms with Gasteiger partial charge in [0.05, 0.1) is 6.20 Å². The van der Waals surface area contributed by atoms with Crippen LogP contribution in [-0.4, -0.2) is 4.98 Å². The lowest BCUT2D eigenvalue weighted by molar-refractivity contribution is 1.19. The molecule has 0 fully saturated rings. The second-order valence-electron chi connectivity index (χ2n) is 1.79. The minimum Gasteiger partial charge on any atom is -0.254 e. The second kappa shape index (κ2) is 3.02. The quantitative estimate of drug-likeness (QED) is 0.537. The van der Waals surface area contributed by atoms with Crippen LogP contribution in [0, 0.1) is 6.20 Å². The Morgan fingerprint density at radius 2 is 2.67 bits per heavy atom. The zero-order chi connectivity index (χ0) is 6.53. The van der Waals surface area contributed by atoms with E-state index in [2.05, 4.69) is 17.8 Å². The van der Waals surface area contributed by atoms with Crippen LogP contribution >= 0.6 is 0 Å². The average Bonchev–Trinajstić information content (AvgIpc) is 1.91. The van der Waals surface area contributed by atoms with Crippen LogP contribution in [0.2, 0.25) is 0 Å². The highest BCUT2D eigenvalue weighted by molar-refractivity contribution is 5.10. The molecule has 1 aromatic rings. The maximum Gasteiger partial charge on any atom is 0.0886 e. The molecule has 0 spiro atoms. The van der Waals surface area contributed by atoms with E-state index in [1.54, 1.807) is 12.3 Å². The van der Waals surface area contributed by atoms with E-state index in [0.717, 1.165) is 6.42 Å². The molecule has 1 nitrogen and oxygen atoms in total. The van der Waals surface area contributed by atoms with Gasteiger partial charge in [0.25, 0.3) is 0 Å². The summed E-state index contributed by atoms with van der Waals surface area (Å²) in [4.78, 5) is 3.83. The molecule has 1 aromatic heterocycles. The van der Waals surface area contributed by atoms with Gasteiger partial charge in [0.15, 0.2) is 0 Å². The van der Waals surface area contributed by atoms with Gasteiger partial charge >= 0.3 is 0 Å². The van der Waals surface area contributed by atoms with E-state index in [9.17, 15) is 0 Å². The molecule has 0 saturated carbocycles. The third-order valence-corrected chi connectivity index (χ3v) is 1.06. The summed E-state index contributed by atoms with van der Waals surface area (Å²) in [6.07, 6.45) is 7.25. The minimum atomic E-state index is 0.891. The van der Waals surface area contributed by atoms with Crippen molar-refractivity contribution in [1.82, 2.24) is 4.98 Å². The number of allylic oxidation sites excluding steroid dienone is 1. The van der Waals surface area contributed by atoms with Crippen LogP contribution in [0.25, 0.3) is 0 Å². The second-order valence-corrected chi connectivity index (χ2v) is 1.79. The van der Waals surface area contributed by atoms with Gasteiger partial charge in [-0.25, -0.2) is 0 Å². The number of aromatic nitrogens is 1. The molecule has 0 atom stereocenters. The normalized spacial score (nSPS) is 8.89. The van der Waals surface area contributed by atoms with Gasteiger partial charge in [-0.3, -0.25) is 4.98 Å². The Labute approximate surface area is 55.1 Å². The minimum absolute atomic E-state index is 0.891. The van der Waals surface area contributed by atoms with E-state index in [1.165, 1.54) is 5.56 Å². The molecule has 0 aliphatic carbocycles. The third-order valence-electron chi connectivity index (χ3n) is 1.06. The van der Waals surface area contributed by atoms with Crippen LogP contribution in [0.5, 0.6) is 0 Å². The average molecular weight is 118 g/mol. The fraction of sp³-hybridized carbons (Fsp3) is 0.125. The van der Waals surface area contributed by atoms with Gasteiger partial charge < -0.3 is 0 Å². The van der Waals surface area contributed by atoms with Gasteiger partial charge in [-0.1, -0.05) is 12.1 Å². The molecule has 1 heterocycles. The molecule has 0 aromatic carbocycles. The Morgan fingerprint density at radius 1 is 1.78 bits per heavy atom. The summed E-state index contributed by atoms with van der Waals surface area (Å²) >= 11 is 0. The maximum atomic E-state index is 3.83. The molecular formula is C8H8N. The van der Waals surface area contributed by atoms with Gasteiger partial charge in [-0.15, -0.1) is 6.58 Å². The summed E-state index contributed by atoms with van der Waals surface area (Å²) in [5.41, 5.74) is 1.18. The van der Waals surface area contributed by atoms with Gasteiger partial charge in [-0.2, -0.15) is 0 Å². The van der Waals surface area contributed by atoms with Gasteiger partial charge in [0.1, 0.15) is 0 Å². The number of rotatable bonds is 2. The molecular weight excluding hydrogens is 110 g/mol. The third kappa shape index (κ3) is 1.68. The van der Waals surface area contributed by atoms with Crippen molar-refractivity contribution in [2.75, 3.05) is 0 Å². The highest BCUT2D eigenvalue weighted by atomic mass is 14.6. The first-order valence-electron chi connectivity index (χ1n) is 2.85. The van der Waals surface area contributed by atoms with E-state index in [-0.39, 0.29) is 0 Å². The van der Waals surface area contributed by atoms with Crippen molar-refractivity contribution in [3.8, 4) is 0 Å². The topological polar surface area (TPSA) is 12.9 Å². The van der Waals surface area contributed by atoms with Gasteiger partial charge in [-0.05, 0) is 18.1 Å². The summed E-state index contributed by atoms with van der Waals surface area (Å²) < 4.78 is 0. The van der Waals surface area contributed by atoms with Crippen molar-refractivity contribution >= 4 is 0 Å². The van der Waals surface area contributed by atoms with Crippen molar-refractivity contribution in [3.05, 3.63) is 42.7 Å².